The minimum atomic E-state index is -0.619. The number of tetrazole rings is 1. The van der Waals surface area contributed by atoms with Gasteiger partial charge in [-0.2, -0.15) is 4.80 Å². The summed E-state index contributed by atoms with van der Waals surface area (Å²) in [5, 5.41) is 13.1. The van der Waals surface area contributed by atoms with Crippen molar-refractivity contribution in [2.75, 3.05) is 40.0 Å². The second-order valence-electron chi connectivity index (χ2n) is 10.1. The molecule has 0 aromatic carbocycles. The van der Waals surface area contributed by atoms with Gasteiger partial charge in [-0.1, -0.05) is 11.8 Å². The standard InChI is InChI=1S/C24H38N6O6S/c1-5-35-21(31)19-11-18(37-23-25-27-28(3)26-23)14-29(19)12-15-7-8-16-13-30(24(33)34-4)20(10-17(16)9-15)22(32)36-6-2/h15-20H,5-14H2,1-4H3/t15-,16-,17?,18-,19-,20?/m0/s1. The Labute approximate surface area is 221 Å². The monoisotopic (exact) mass is 538 g/mol. The van der Waals surface area contributed by atoms with Gasteiger partial charge in [0.2, 0.25) is 5.16 Å². The van der Waals surface area contributed by atoms with Crippen LogP contribution in [0.1, 0.15) is 46.0 Å². The smallest absolute Gasteiger partial charge is 0.410 e. The van der Waals surface area contributed by atoms with Crippen molar-refractivity contribution in [2.45, 2.75) is 68.4 Å². The van der Waals surface area contributed by atoms with Crippen LogP contribution in [0.3, 0.4) is 0 Å². The van der Waals surface area contributed by atoms with E-state index in [-0.39, 0.29) is 29.8 Å². The lowest BCUT2D eigenvalue weighted by molar-refractivity contribution is -0.153. The molecule has 13 heteroatoms. The van der Waals surface area contributed by atoms with Crippen LogP contribution in [0.25, 0.3) is 0 Å². The van der Waals surface area contributed by atoms with E-state index in [4.69, 9.17) is 14.2 Å². The van der Waals surface area contributed by atoms with Gasteiger partial charge in [0.15, 0.2) is 0 Å². The maximum Gasteiger partial charge on any atom is 0.410 e. The molecule has 3 heterocycles. The number of esters is 2. The van der Waals surface area contributed by atoms with Crippen LogP contribution in [-0.4, -0.2) is 105 Å². The zero-order valence-corrected chi connectivity index (χ0v) is 22.9. The van der Waals surface area contributed by atoms with E-state index in [1.54, 1.807) is 30.6 Å². The largest absolute Gasteiger partial charge is 0.465 e. The van der Waals surface area contributed by atoms with E-state index in [0.717, 1.165) is 32.4 Å². The Hall–Kier alpha value is -2.41. The summed E-state index contributed by atoms with van der Waals surface area (Å²) in [6.45, 7) is 6.27. The van der Waals surface area contributed by atoms with E-state index >= 15 is 0 Å². The zero-order valence-electron chi connectivity index (χ0n) is 22.1. The molecule has 1 aliphatic carbocycles. The Morgan fingerprint density at radius 1 is 0.973 bits per heavy atom. The Kier molecular flexibility index (Phi) is 9.27. The van der Waals surface area contributed by atoms with Crippen LogP contribution >= 0.6 is 11.8 Å². The van der Waals surface area contributed by atoms with Crippen LogP contribution in [0.5, 0.6) is 0 Å². The molecular formula is C24H38N6O6S. The molecule has 3 fully saturated rings. The molecule has 37 heavy (non-hydrogen) atoms. The maximum atomic E-state index is 12.8. The molecular weight excluding hydrogens is 500 g/mol. The topological polar surface area (TPSA) is 129 Å². The highest BCUT2D eigenvalue weighted by atomic mass is 32.2. The molecule has 12 nitrogen and oxygen atoms in total. The van der Waals surface area contributed by atoms with E-state index < -0.39 is 12.1 Å². The summed E-state index contributed by atoms with van der Waals surface area (Å²) >= 11 is 1.55. The number of hydrogen-bond donors (Lipinski definition) is 0. The minimum absolute atomic E-state index is 0.173. The number of carbonyl (C=O) groups excluding carboxylic acids is 3. The van der Waals surface area contributed by atoms with Crippen LogP contribution in [0.15, 0.2) is 5.16 Å². The number of aromatic nitrogens is 4. The van der Waals surface area contributed by atoms with Gasteiger partial charge < -0.3 is 14.2 Å². The fourth-order valence-electron chi connectivity index (χ4n) is 6.12. The molecule has 1 amide bonds. The van der Waals surface area contributed by atoms with Gasteiger partial charge in [0.05, 0.1) is 27.4 Å². The number of nitrogens with zero attached hydrogens (tertiary/aromatic N) is 6. The van der Waals surface area contributed by atoms with Gasteiger partial charge in [-0.3, -0.25) is 14.6 Å². The first-order chi connectivity index (χ1) is 17.8. The lowest BCUT2D eigenvalue weighted by Crippen LogP contribution is -2.55. The lowest BCUT2D eigenvalue weighted by atomic mass is 9.69. The summed E-state index contributed by atoms with van der Waals surface area (Å²) in [7, 11) is 3.08. The van der Waals surface area contributed by atoms with Crippen molar-refractivity contribution >= 4 is 29.8 Å². The molecule has 6 atom stereocenters. The normalized spacial score (nSPS) is 30.0. The van der Waals surface area contributed by atoms with Gasteiger partial charge in [0, 0.05) is 24.9 Å². The number of rotatable bonds is 8. The zero-order chi connectivity index (χ0) is 26.5. The number of methoxy groups -OCH3 is 1. The van der Waals surface area contributed by atoms with E-state index in [9.17, 15) is 14.4 Å². The third kappa shape index (κ3) is 6.54. The van der Waals surface area contributed by atoms with Gasteiger partial charge in [-0.15, -0.1) is 10.2 Å². The SMILES string of the molecule is CCOC(=O)C1CC2C[C@@H](CN3C[C@@H](Sc4nnn(C)n4)C[C@H]3C(=O)OCC)CC[C@H]2CN1C(=O)OC. The molecule has 3 aliphatic rings. The number of hydrogen-bond acceptors (Lipinski definition) is 11. The van der Waals surface area contributed by atoms with E-state index in [0.29, 0.717) is 48.9 Å². The van der Waals surface area contributed by atoms with Crippen molar-refractivity contribution in [3.8, 4) is 0 Å². The van der Waals surface area contributed by atoms with E-state index in [1.165, 1.54) is 11.9 Å². The predicted molar refractivity (Wildman–Crippen MR) is 134 cm³/mol. The summed E-state index contributed by atoms with van der Waals surface area (Å²) in [4.78, 5) is 43.1. The lowest BCUT2D eigenvalue weighted by Gasteiger charge is -2.46. The molecule has 2 aliphatic heterocycles. The second kappa shape index (κ2) is 12.4. The van der Waals surface area contributed by atoms with Gasteiger partial charge in [-0.25, -0.2) is 9.59 Å². The number of ether oxygens (including phenoxy) is 3. The average molecular weight is 539 g/mol. The van der Waals surface area contributed by atoms with Gasteiger partial charge in [-0.05, 0) is 68.9 Å². The van der Waals surface area contributed by atoms with Crippen LogP contribution < -0.4 is 0 Å². The first-order valence-electron chi connectivity index (χ1n) is 13.1. The Morgan fingerprint density at radius 2 is 1.70 bits per heavy atom. The van der Waals surface area contributed by atoms with Crippen LogP contribution in [0.4, 0.5) is 4.79 Å². The summed E-state index contributed by atoms with van der Waals surface area (Å²) in [6, 6.07) is -0.910. The van der Waals surface area contributed by atoms with E-state index in [2.05, 4.69) is 20.3 Å². The number of likely N-dealkylation sites (tertiary alicyclic amines) is 2. The number of aryl methyl sites for hydroxylation is 1. The Morgan fingerprint density at radius 3 is 2.35 bits per heavy atom. The molecule has 0 N–H and O–H groups in total. The van der Waals surface area contributed by atoms with E-state index in [1.807, 2.05) is 6.92 Å². The number of fused-ring (bicyclic) bond motifs is 1. The third-order valence-corrected chi connectivity index (χ3v) is 8.78. The van der Waals surface area contributed by atoms with Crippen molar-refractivity contribution < 1.29 is 28.6 Å². The van der Waals surface area contributed by atoms with Crippen molar-refractivity contribution in [1.29, 1.82) is 0 Å². The van der Waals surface area contributed by atoms with Gasteiger partial charge in [0.1, 0.15) is 12.1 Å². The molecule has 2 saturated heterocycles. The fourth-order valence-corrected chi connectivity index (χ4v) is 7.21. The predicted octanol–water partition coefficient (Wildman–Crippen LogP) is 1.74. The highest BCUT2D eigenvalue weighted by Crippen LogP contribution is 2.43. The first-order valence-corrected chi connectivity index (χ1v) is 14.0. The molecule has 2 unspecified atom stereocenters. The molecule has 1 aromatic rings. The molecule has 0 radical (unpaired) electrons. The van der Waals surface area contributed by atoms with Gasteiger partial charge in [0.25, 0.3) is 0 Å². The summed E-state index contributed by atoms with van der Waals surface area (Å²) in [5.74, 6) is 0.482. The van der Waals surface area contributed by atoms with Crippen molar-refractivity contribution in [2.24, 2.45) is 24.8 Å². The van der Waals surface area contributed by atoms with Crippen LogP contribution in [0.2, 0.25) is 0 Å². The second-order valence-corrected chi connectivity index (χ2v) is 11.4. The highest BCUT2D eigenvalue weighted by Gasteiger charge is 2.46. The fraction of sp³-hybridized carbons (Fsp3) is 0.833. The quantitative estimate of drug-likeness (QED) is 0.354. The summed E-state index contributed by atoms with van der Waals surface area (Å²) in [5.41, 5.74) is 0. The number of piperidine rings is 1. The summed E-state index contributed by atoms with van der Waals surface area (Å²) in [6.07, 6.45) is 3.71. The number of carbonyl (C=O) groups is 3. The molecule has 1 aromatic heterocycles. The Bertz CT molecular complexity index is 962. The third-order valence-electron chi connectivity index (χ3n) is 7.73. The first kappa shape index (κ1) is 27.6. The summed E-state index contributed by atoms with van der Waals surface area (Å²) < 4.78 is 15.6. The van der Waals surface area contributed by atoms with Crippen molar-refractivity contribution in [3.63, 3.8) is 0 Å². The maximum absolute atomic E-state index is 12.8. The molecule has 0 spiro atoms. The average Bonchev–Trinajstić information content (AvgIpc) is 3.48. The highest BCUT2D eigenvalue weighted by molar-refractivity contribution is 7.99. The molecule has 0 bridgehead atoms. The van der Waals surface area contributed by atoms with Gasteiger partial charge >= 0.3 is 18.0 Å². The molecule has 4 rings (SSSR count). The van der Waals surface area contributed by atoms with Crippen molar-refractivity contribution in [3.05, 3.63) is 0 Å². The number of amides is 1. The van der Waals surface area contributed by atoms with Crippen LogP contribution in [0, 0.1) is 17.8 Å². The molecule has 206 valence electrons. The molecule has 1 saturated carbocycles. The minimum Gasteiger partial charge on any atom is -0.465 e. The number of thioether (sulfide) groups is 1. The van der Waals surface area contributed by atoms with Crippen molar-refractivity contribution in [1.82, 2.24) is 30.0 Å². The Balaban J connectivity index is 1.41. The van der Waals surface area contributed by atoms with Crippen LogP contribution in [-0.2, 0) is 30.8 Å².